The number of nitrogens with zero attached hydrogens (tertiary/aromatic N) is 2. The lowest BCUT2D eigenvalue weighted by Gasteiger charge is -2.24. The number of sulfone groups is 1. The summed E-state index contributed by atoms with van der Waals surface area (Å²) in [5, 5.41) is 3.32. The molecule has 26 heavy (non-hydrogen) atoms. The van der Waals surface area contributed by atoms with E-state index in [0.717, 1.165) is 38.2 Å². The zero-order chi connectivity index (χ0) is 18.6. The first-order chi connectivity index (χ1) is 12.5. The fourth-order valence-corrected chi connectivity index (χ4v) is 5.29. The molecule has 0 saturated carbocycles. The second-order valence-electron chi connectivity index (χ2n) is 6.35. The average molecular weight is 394 g/mol. The molecule has 1 amide bonds. The Kier molecular flexibility index (Phi) is 6.05. The number of benzene rings is 1. The van der Waals surface area contributed by atoms with E-state index >= 15 is 0 Å². The molecule has 0 saturated heterocycles. The maximum Gasteiger partial charge on any atom is 0.227 e. The number of aromatic nitrogens is 1. The summed E-state index contributed by atoms with van der Waals surface area (Å²) in [6, 6.07) is 8.20. The SMILES string of the molecule is CCCN1CCc2nc(NC(=O)CCS(=O)(=O)c3ccccc3)sc2C1. The standard InChI is InChI=1S/C18H23N3O3S2/c1-2-10-21-11-8-15-16(13-21)25-18(19-15)20-17(22)9-12-26(23,24)14-6-4-3-5-7-14/h3-7H,2,8-13H2,1H3,(H,19,20,22). The molecule has 6 nitrogen and oxygen atoms in total. The highest BCUT2D eigenvalue weighted by Gasteiger charge is 2.21. The van der Waals surface area contributed by atoms with Crippen molar-refractivity contribution >= 4 is 32.2 Å². The normalized spacial score (nSPS) is 14.8. The summed E-state index contributed by atoms with van der Waals surface area (Å²) in [5.74, 6) is -0.529. The molecule has 0 fully saturated rings. The van der Waals surface area contributed by atoms with Crippen LogP contribution in [0, 0.1) is 0 Å². The zero-order valence-corrected chi connectivity index (χ0v) is 16.4. The Bertz CT molecular complexity index is 863. The van der Waals surface area contributed by atoms with Gasteiger partial charge in [0, 0.05) is 30.8 Å². The summed E-state index contributed by atoms with van der Waals surface area (Å²) in [5.41, 5.74) is 1.05. The first kappa shape index (κ1) is 19.0. The van der Waals surface area contributed by atoms with Crippen molar-refractivity contribution in [2.75, 3.05) is 24.2 Å². The van der Waals surface area contributed by atoms with Crippen LogP contribution in [0.15, 0.2) is 35.2 Å². The third-order valence-electron chi connectivity index (χ3n) is 4.30. The zero-order valence-electron chi connectivity index (χ0n) is 14.8. The van der Waals surface area contributed by atoms with Crippen molar-refractivity contribution in [1.82, 2.24) is 9.88 Å². The van der Waals surface area contributed by atoms with Crippen molar-refractivity contribution in [3.05, 3.63) is 40.9 Å². The fourth-order valence-electron chi connectivity index (χ4n) is 2.96. The van der Waals surface area contributed by atoms with Crippen LogP contribution in [0.2, 0.25) is 0 Å². The molecule has 8 heteroatoms. The number of hydrogen-bond donors (Lipinski definition) is 1. The molecule has 0 atom stereocenters. The molecule has 0 spiro atoms. The first-order valence-electron chi connectivity index (χ1n) is 8.76. The van der Waals surface area contributed by atoms with Crippen LogP contribution in [-0.4, -0.2) is 43.1 Å². The van der Waals surface area contributed by atoms with Gasteiger partial charge in [0.15, 0.2) is 15.0 Å². The minimum atomic E-state index is -3.45. The summed E-state index contributed by atoms with van der Waals surface area (Å²) in [7, 11) is -3.45. The van der Waals surface area contributed by atoms with Gasteiger partial charge in [-0.1, -0.05) is 25.1 Å². The smallest absolute Gasteiger partial charge is 0.227 e. The highest BCUT2D eigenvalue weighted by atomic mass is 32.2. The predicted molar refractivity (Wildman–Crippen MR) is 103 cm³/mol. The molecular formula is C18H23N3O3S2. The van der Waals surface area contributed by atoms with Gasteiger partial charge in [0.2, 0.25) is 5.91 Å². The summed E-state index contributed by atoms with van der Waals surface area (Å²) in [6.07, 6.45) is 1.93. The van der Waals surface area contributed by atoms with Crippen LogP contribution >= 0.6 is 11.3 Å². The molecule has 1 aliphatic heterocycles. The van der Waals surface area contributed by atoms with Crippen molar-refractivity contribution in [3.8, 4) is 0 Å². The van der Waals surface area contributed by atoms with E-state index in [4.69, 9.17) is 0 Å². The Morgan fingerprint density at radius 3 is 2.81 bits per heavy atom. The first-order valence-corrected chi connectivity index (χ1v) is 11.2. The fraction of sp³-hybridized carbons (Fsp3) is 0.444. The van der Waals surface area contributed by atoms with E-state index in [1.54, 1.807) is 30.3 Å². The van der Waals surface area contributed by atoms with Crippen LogP contribution < -0.4 is 5.32 Å². The van der Waals surface area contributed by atoms with Crippen LogP contribution in [0.3, 0.4) is 0 Å². The second kappa shape index (κ2) is 8.28. The van der Waals surface area contributed by atoms with Crippen molar-refractivity contribution < 1.29 is 13.2 Å². The van der Waals surface area contributed by atoms with Gasteiger partial charge in [-0.15, -0.1) is 11.3 Å². The Labute approximate surface area is 158 Å². The van der Waals surface area contributed by atoms with E-state index in [9.17, 15) is 13.2 Å². The molecule has 0 bridgehead atoms. The average Bonchev–Trinajstić information content (AvgIpc) is 3.02. The van der Waals surface area contributed by atoms with E-state index in [-0.39, 0.29) is 23.0 Å². The second-order valence-corrected chi connectivity index (χ2v) is 9.54. The van der Waals surface area contributed by atoms with Crippen LogP contribution in [0.5, 0.6) is 0 Å². The Hall–Kier alpha value is -1.77. The van der Waals surface area contributed by atoms with Gasteiger partial charge < -0.3 is 5.32 Å². The van der Waals surface area contributed by atoms with Crippen molar-refractivity contribution in [3.63, 3.8) is 0 Å². The molecule has 0 aliphatic carbocycles. The van der Waals surface area contributed by atoms with Crippen LogP contribution in [0.4, 0.5) is 5.13 Å². The van der Waals surface area contributed by atoms with Gasteiger partial charge in [-0.25, -0.2) is 13.4 Å². The van der Waals surface area contributed by atoms with Gasteiger partial charge in [0.1, 0.15) is 0 Å². The van der Waals surface area contributed by atoms with Crippen molar-refractivity contribution in [2.45, 2.75) is 37.6 Å². The minimum absolute atomic E-state index is 0.0799. The number of thiazole rings is 1. The summed E-state index contributed by atoms with van der Waals surface area (Å²) in [4.78, 5) is 20.5. The monoisotopic (exact) mass is 393 g/mol. The van der Waals surface area contributed by atoms with Crippen molar-refractivity contribution in [1.29, 1.82) is 0 Å². The number of rotatable bonds is 7. The largest absolute Gasteiger partial charge is 0.302 e. The molecule has 1 aliphatic rings. The van der Waals surface area contributed by atoms with Crippen LogP contribution in [0.1, 0.15) is 30.3 Å². The number of carbonyl (C=O) groups is 1. The lowest BCUT2D eigenvalue weighted by atomic mass is 10.2. The predicted octanol–water partition coefficient (Wildman–Crippen LogP) is 2.71. The number of hydrogen-bond acceptors (Lipinski definition) is 6. The molecule has 1 aromatic heterocycles. The number of fused-ring (bicyclic) bond motifs is 1. The highest BCUT2D eigenvalue weighted by molar-refractivity contribution is 7.91. The quantitative estimate of drug-likeness (QED) is 0.782. The van der Waals surface area contributed by atoms with Crippen LogP contribution in [0.25, 0.3) is 0 Å². The maximum absolute atomic E-state index is 12.2. The third-order valence-corrected chi connectivity index (χ3v) is 7.03. The summed E-state index contributed by atoms with van der Waals surface area (Å²) in [6.45, 7) is 5.10. The lowest BCUT2D eigenvalue weighted by molar-refractivity contribution is -0.115. The molecule has 0 radical (unpaired) electrons. The molecule has 0 unspecified atom stereocenters. The molecule has 2 aromatic rings. The van der Waals surface area contributed by atoms with E-state index in [1.807, 2.05) is 0 Å². The van der Waals surface area contributed by atoms with Gasteiger partial charge in [-0.2, -0.15) is 0 Å². The van der Waals surface area contributed by atoms with Gasteiger partial charge >= 0.3 is 0 Å². The van der Waals surface area contributed by atoms with Gasteiger partial charge in [0.05, 0.1) is 16.3 Å². The van der Waals surface area contributed by atoms with Crippen molar-refractivity contribution in [2.24, 2.45) is 0 Å². The Morgan fingerprint density at radius 1 is 1.31 bits per heavy atom. The molecular weight excluding hydrogens is 370 g/mol. The minimum Gasteiger partial charge on any atom is -0.302 e. The highest BCUT2D eigenvalue weighted by Crippen LogP contribution is 2.28. The van der Waals surface area contributed by atoms with Crippen LogP contribution in [-0.2, 0) is 27.6 Å². The topological polar surface area (TPSA) is 79.4 Å². The Balaban J connectivity index is 1.56. The molecule has 1 N–H and O–H groups in total. The number of carbonyl (C=O) groups excluding carboxylic acids is 1. The van der Waals surface area contributed by atoms with E-state index < -0.39 is 9.84 Å². The van der Waals surface area contributed by atoms with Gasteiger partial charge in [-0.3, -0.25) is 9.69 Å². The molecule has 3 rings (SSSR count). The summed E-state index contributed by atoms with van der Waals surface area (Å²) < 4.78 is 24.5. The van der Waals surface area contributed by atoms with Gasteiger partial charge in [0.25, 0.3) is 0 Å². The van der Waals surface area contributed by atoms with Gasteiger partial charge in [-0.05, 0) is 25.1 Å². The number of amides is 1. The third kappa shape index (κ3) is 4.69. The van der Waals surface area contributed by atoms with E-state index in [1.165, 1.54) is 16.2 Å². The number of nitrogens with one attached hydrogen (secondary N) is 1. The maximum atomic E-state index is 12.2. The van der Waals surface area contributed by atoms with E-state index in [0.29, 0.717) is 5.13 Å². The molecule has 2 heterocycles. The molecule has 140 valence electrons. The Morgan fingerprint density at radius 2 is 2.08 bits per heavy atom. The number of anilines is 1. The summed E-state index contributed by atoms with van der Waals surface area (Å²) >= 11 is 1.49. The van der Waals surface area contributed by atoms with E-state index in [2.05, 4.69) is 22.1 Å². The molecule has 1 aromatic carbocycles. The lowest BCUT2D eigenvalue weighted by Crippen LogP contribution is -2.30.